The molecule has 4 aromatic rings. The zero-order chi connectivity index (χ0) is 24.5. The molecule has 0 N–H and O–H groups in total. The lowest BCUT2D eigenvalue weighted by Gasteiger charge is -2.24. The maximum absolute atomic E-state index is 13.6. The van der Waals surface area contributed by atoms with Gasteiger partial charge in [0.2, 0.25) is 0 Å². The van der Waals surface area contributed by atoms with Crippen LogP contribution in [0.5, 0.6) is 0 Å². The Morgan fingerprint density at radius 1 is 1.14 bits per heavy atom. The first-order valence-corrected chi connectivity index (χ1v) is 12.3. The number of furan rings is 1. The van der Waals surface area contributed by atoms with Crippen molar-refractivity contribution in [3.05, 3.63) is 114 Å². The third-order valence-corrected chi connectivity index (χ3v) is 6.98. The first-order chi connectivity index (χ1) is 17.0. The molecule has 1 atom stereocenters. The minimum Gasteiger partial charge on any atom is -0.463 e. The van der Waals surface area contributed by atoms with E-state index in [4.69, 9.17) is 20.8 Å². The zero-order valence-corrected chi connectivity index (χ0v) is 20.6. The van der Waals surface area contributed by atoms with Gasteiger partial charge in [-0.2, -0.15) is 0 Å². The van der Waals surface area contributed by atoms with Gasteiger partial charge in [-0.25, -0.2) is 9.79 Å². The van der Waals surface area contributed by atoms with Crippen molar-refractivity contribution in [2.45, 2.75) is 19.9 Å². The van der Waals surface area contributed by atoms with Crippen molar-refractivity contribution in [2.75, 3.05) is 6.61 Å². The lowest BCUT2D eigenvalue weighted by molar-refractivity contribution is -0.139. The molecule has 0 aliphatic carbocycles. The van der Waals surface area contributed by atoms with Crippen LogP contribution < -0.4 is 14.9 Å². The number of aromatic nitrogens is 1. The number of nitrogens with zero attached hydrogens (tertiary/aromatic N) is 2. The van der Waals surface area contributed by atoms with Crippen LogP contribution in [-0.2, 0) is 9.53 Å². The van der Waals surface area contributed by atoms with Crippen molar-refractivity contribution in [3.8, 4) is 11.3 Å². The number of carbonyl (C=O) groups excluding carboxylic acids is 1. The molecule has 6 nitrogen and oxygen atoms in total. The van der Waals surface area contributed by atoms with Crippen LogP contribution in [0.1, 0.15) is 31.2 Å². The summed E-state index contributed by atoms with van der Waals surface area (Å²) in [7, 11) is 0. The molecule has 0 saturated carbocycles. The first-order valence-electron chi connectivity index (χ1n) is 11.1. The maximum Gasteiger partial charge on any atom is 0.338 e. The molecular weight excluding hydrogens is 484 g/mol. The Hall–Kier alpha value is -3.68. The SMILES string of the molecule is CCOC(=O)C1=C(C)N=c2sc(=Cc3ccc(-c4ccccc4Cl)o3)c(=O)n2[C@@H]1c1ccccc1. The summed E-state index contributed by atoms with van der Waals surface area (Å²) >= 11 is 7.55. The fourth-order valence-electron chi connectivity index (χ4n) is 4.11. The van der Waals surface area contributed by atoms with Gasteiger partial charge in [0, 0.05) is 11.6 Å². The van der Waals surface area contributed by atoms with E-state index in [0.717, 1.165) is 11.1 Å². The standard InChI is InChI=1S/C27H21ClN2O4S/c1-3-33-26(32)23-16(2)29-27-30(24(23)17-9-5-4-6-10-17)25(31)22(35-27)15-18-13-14-21(34-18)19-11-7-8-12-20(19)28/h4-15,24H,3H2,1-2H3/t24-/m1/s1. The summed E-state index contributed by atoms with van der Waals surface area (Å²) in [6.45, 7) is 3.75. The van der Waals surface area contributed by atoms with Crippen LogP contribution in [0.2, 0.25) is 5.02 Å². The average molecular weight is 505 g/mol. The van der Waals surface area contributed by atoms with Crippen LogP contribution in [0.15, 0.2) is 92.2 Å². The van der Waals surface area contributed by atoms with Gasteiger partial charge in [-0.3, -0.25) is 9.36 Å². The summed E-state index contributed by atoms with van der Waals surface area (Å²) in [5.74, 6) is 0.646. The second-order valence-corrected chi connectivity index (χ2v) is 9.31. The monoisotopic (exact) mass is 504 g/mol. The number of allylic oxidation sites excluding steroid dienone is 1. The molecule has 0 unspecified atom stereocenters. The smallest absolute Gasteiger partial charge is 0.338 e. The zero-order valence-electron chi connectivity index (χ0n) is 19.0. The van der Waals surface area contributed by atoms with Gasteiger partial charge in [0.1, 0.15) is 11.5 Å². The molecular formula is C27H21ClN2O4S. The lowest BCUT2D eigenvalue weighted by atomic mass is 9.96. The minimum absolute atomic E-state index is 0.230. The van der Waals surface area contributed by atoms with Crippen molar-refractivity contribution in [2.24, 2.45) is 4.99 Å². The van der Waals surface area contributed by atoms with Gasteiger partial charge >= 0.3 is 5.97 Å². The average Bonchev–Trinajstić information content (AvgIpc) is 3.43. The van der Waals surface area contributed by atoms with Crippen LogP contribution in [0.4, 0.5) is 0 Å². The Kier molecular flexibility index (Phi) is 6.28. The summed E-state index contributed by atoms with van der Waals surface area (Å²) < 4.78 is 13.3. The minimum atomic E-state index is -0.635. The lowest BCUT2D eigenvalue weighted by Crippen LogP contribution is -2.39. The Morgan fingerprint density at radius 2 is 1.89 bits per heavy atom. The molecule has 5 rings (SSSR count). The van der Waals surface area contributed by atoms with Crippen molar-refractivity contribution in [1.82, 2.24) is 4.57 Å². The highest BCUT2D eigenvalue weighted by Gasteiger charge is 2.33. The number of rotatable bonds is 5. The fourth-order valence-corrected chi connectivity index (χ4v) is 5.36. The summed E-state index contributed by atoms with van der Waals surface area (Å²) in [5.41, 5.74) is 2.21. The Labute approximate surface area is 210 Å². The van der Waals surface area contributed by atoms with Gasteiger partial charge < -0.3 is 9.15 Å². The van der Waals surface area contributed by atoms with Gasteiger partial charge in [0.25, 0.3) is 5.56 Å². The molecule has 0 fully saturated rings. The van der Waals surface area contributed by atoms with Crippen molar-refractivity contribution in [1.29, 1.82) is 0 Å². The molecule has 2 aromatic carbocycles. The van der Waals surface area contributed by atoms with Gasteiger partial charge in [-0.05, 0) is 43.7 Å². The van der Waals surface area contributed by atoms with Gasteiger partial charge in [-0.15, -0.1) is 0 Å². The molecule has 35 heavy (non-hydrogen) atoms. The summed E-state index contributed by atoms with van der Waals surface area (Å²) in [6, 6.07) is 19.8. The normalized spacial score (nSPS) is 15.6. The highest BCUT2D eigenvalue weighted by molar-refractivity contribution is 7.07. The largest absolute Gasteiger partial charge is 0.463 e. The number of benzene rings is 2. The number of hydrogen-bond acceptors (Lipinski definition) is 6. The van der Waals surface area contributed by atoms with E-state index in [1.165, 1.54) is 11.3 Å². The molecule has 0 saturated heterocycles. The number of ether oxygens (including phenoxy) is 1. The number of halogens is 1. The molecule has 8 heteroatoms. The van der Waals surface area contributed by atoms with E-state index in [1.54, 1.807) is 36.6 Å². The predicted octanol–water partition coefficient (Wildman–Crippen LogP) is 4.71. The molecule has 0 spiro atoms. The molecule has 0 radical (unpaired) electrons. The van der Waals surface area contributed by atoms with Crippen LogP contribution in [0.25, 0.3) is 17.4 Å². The second kappa shape index (κ2) is 9.52. The van der Waals surface area contributed by atoms with Crippen LogP contribution >= 0.6 is 22.9 Å². The first kappa shape index (κ1) is 23.1. The topological polar surface area (TPSA) is 73.8 Å². The Balaban J connectivity index is 1.64. The summed E-state index contributed by atoms with van der Waals surface area (Å²) in [4.78, 5) is 31.6. The van der Waals surface area contributed by atoms with Gasteiger partial charge in [0.05, 0.1) is 33.5 Å². The number of esters is 1. The van der Waals surface area contributed by atoms with E-state index in [9.17, 15) is 9.59 Å². The summed E-state index contributed by atoms with van der Waals surface area (Å²) in [5, 5.41) is 0.581. The quantitative estimate of drug-likeness (QED) is 0.369. The molecule has 176 valence electrons. The predicted molar refractivity (Wildman–Crippen MR) is 136 cm³/mol. The van der Waals surface area contributed by atoms with Crippen molar-refractivity contribution in [3.63, 3.8) is 0 Å². The van der Waals surface area contributed by atoms with Crippen molar-refractivity contribution < 1.29 is 13.9 Å². The number of hydrogen-bond donors (Lipinski definition) is 0. The Bertz CT molecular complexity index is 1630. The number of carbonyl (C=O) groups is 1. The number of fused-ring (bicyclic) bond motifs is 1. The van der Waals surface area contributed by atoms with E-state index in [-0.39, 0.29) is 12.2 Å². The van der Waals surface area contributed by atoms with Crippen molar-refractivity contribution >= 4 is 35.0 Å². The molecule has 1 aliphatic rings. The molecule has 3 heterocycles. The second-order valence-electron chi connectivity index (χ2n) is 7.89. The highest BCUT2D eigenvalue weighted by Crippen LogP contribution is 2.31. The molecule has 0 amide bonds. The van der Waals surface area contributed by atoms with Gasteiger partial charge in [-0.1, -0.05) is 65.4 Å². The number of thiazole rings is 1. The van der Waals surface area contributed by atoms with E-state index in [1.807, 2.05) is 54.6 Å². The van der Waals surface area contributed by atoms with E-state index < -0.39 is 12.0 Å². The fraction of sp³-hybridized carbons (Fsp3) is 0.148. The van der Waals surface area contributed by atoms with Crippen LogP contribution in [0.3, 0.4) is 0 Å². The van der Waals surface area contributed by atoms with E-state index >= 15 is 0 Å². The summed E-state index contributed by atoms with van der Waals surface area (Å²) in [6.07, 6.45) is 1.69. The molecule has 1 aliphatic heterocycles. The molecule has 0 bridgehead atoms. The highest BCUT2D eigenvalue weighted by atomic mass is 35.5. The third kappa shape index (κ3) is 4.29. The van der Waals surface area contributed by atoms with Gasteiger partial charge in [0.15, 0.2) is 4.80 Å². The molecule has 2 aromatic heterocycles. The van der Waals surface area contributed by atoms with E-state index in [2.05, 4.69) is 4.99 Å². The van der Waals surface area contributed by atoms with E-state index in [0.29, 0.717) is 37.1 Å². The van der Waals surface area contributed by atoms with Crippen LogP contribution in [-0.4, -0.2) is 17.1 Å². The maximum atomic E-state index is 13.6. The Morgan fingerprint density at radius 3 is 2.63 bits per heavy atom. The third-order valence-electron chi connectivity index (χ3n) is 5.67. The van der Waals surface area contributed by atoms with Crippen LogP contribution in [0, 0.1) is 0 Å².